The SMILES string of the molecule is Cc1cnc(C(Cc2cccc(Cl)c2F)NN)c(C)c1. The molecule has 3 nitrogen and oxygen atoms in total. The van der Waals surface area contributed by atoms with Crippen LogP contribution in [0.1, 0.15) is 28.4 Å². The normalized spacial score (nSPS) is 12.4. The molecule has 106 valence electrons. The maximum atomic E-state index is 14.0. The van der Waals surface area contributed by atoms with Gasteiger partial charge >= 0.3 is 0 Å². The summed E-state index contributed by atoms with van der Waals surface area (Å²) in [5.74, 6) is 5.20. The highest BCUT2D eigenvalue weighted by molar-refractivity contribution is 6.30. The van der Waals surface area contributed by atoms with Gasteiger partial charge in [0.05, 0.1) is 16.8 Å². The predicted octanol–water partition coefficient (Wildman–Crippen LogP) is 3.24. The van der Waals surface area contributed by atoms with Gasteiger partial charge in [0.15, 0.2) is 0 Å². The van der Waals surface area contributed by atoms with Crippen molar-refractivity contribution in [2.75, 3.05) is 0 Å². The van der Waals surface area contributed by atoms with Crippen LogP contribution in [0.4, 0.5) is 4.39 Å². The van der Waals surface area contributed by atoms with Gasteiger partial charge in [-0.3, -0.25) is 16.3 Å². The van der Waals surface area contributed by atoms with E-state index in [9.17, 15) is 4.39 Å². The van der Waals surface area contributed by atoms with Crippen LogP contribution in [0.25, 0.3) is 0 Å². The lowest BCUT2D eigenvalue weighted by Crippen LogP contribution is -2.31. The fourth-order valence-electron chi connectivity index (χ4n) is 2.25. The van der Waals surface area contributed by atoms with E-state index >= 15 is 0 Å². The molecule has 1 aromatic heterocycles. The van der Waals surface area contributed by atoms with Crippen LogP contribution >= 0.6 is 11.6 Å². The molecule has 0 fully saturated rings. The Labute approximate surface area is 122 Å². The van der Waals surface area contributed by atoms with Crippen molar-refractivity contribution in [1.29, 1.82) is 0 Å². The molecule has 20 heavy (non-hydrogen) atoms. The number of nitrogens with two attached hydrogens (primary N) is 1. The van der Waals surface area contributed by atoms with Crippen LogP contribution in [0.2, 0.25) is 5.02 Å². The molecule has 2 aromatic rings. The van der Waals surface area contributed by atoms with Gasteiger partial charge in [0.1, 0.15) is 5.82 Å². The van der Waals surface area contributed by atoms with E-state index in [1.807, 2.05) is 19.9 Å². The third-order valence-electron chi connectivity index (χ3n) is 3.24. The first-order chi connectivity index (χ1) is 9.52. The Morgan fingerprint density at radius 2 is 2.15 bits per heavy atom. The summed E-state index contributed by atoms with van der Waals surface area (Å²) in [5, 5.41) is 0.117. The molecule has 0 saturated carbocycles. The van der Waals surface area contributed by atoms with Crippen LogP contribution < -0.4 is 11.3 Å². The Bertz CT molecular complexity index is 616. The zero-order chi connectivity index (χ0) is 14.7. The number of rotatable bonds is 4. The molecular formula is C15H17ClFN3. The second-order valence-electron chi connectivity index (χ2n) is 4.85. The molecule has 1 aromatic carbocycles. The van der Waals surface area contributed by atoms with Gasteiger partial charge in [-0.1, -0.05) is 29.8 Å². The zero-order valence-electron chi connectivity index (χ0n) is 11.5. The molecule has 0 aliphatic heterocycles. The van der Waals surface area contributed by atoms with Gasteiger partial charge in [0.2, 0.25) is 0 Å². The van der Waals surface area contributed by atoms with Crippen molar-refractivity contribution in [2.24, 2.45) is 5.84 Å². The predicted molar refractivity (Wildman–Crippen MR) is 78.9 cm³/mol. The Kier molecular flexibility index (Phi) is 4.70. The van der Waals surface area contributed by atoms with Crippen LogP contribution in [-0.4, -0.2) is 4.98 Å². The topological polar surface area (TPSA) is 50.9 Å². The highest BCUT2D eigenvalue weighted by atomic mass is 35.5. The summed E-state index contributed by atoms with van der Waals surface area (Å²) in [6, 6.07) is 6.73. The molecule has 0 aliphatic carbocycles. The molecule has 1 heterocycles. The average molecular weight is 294 g/mol. The lowest BCUT2D eigenvalue weighted by atomic mass is 9.99. The van der Waals surface area contributed by atoms with Gasteiger partial charge in [0.25, 0.3) is 0 Å². The Balaban J connectivity index is 2.31. The summed E-state index contributed by atoms with van der Waals surface area (Å²) in [6.45, 7) is 3.94. The lowest BCUT2D eigenvalue weighted by molar-refractivity contribution is 0.516. The van der Waals surface area contributed by atoms with Crippen LogP contribution in [0.5, 0.6) is 0 Å². The van der Waals surface area contributed by atoms with E-state index in [1.165, 1.54) is 6.07 Å². The van der Waals surface area contributed by atoms with Gasteiger partial charge in [-0.05, 0) is 43.0 Å². The first-order valence-corrected chi connectivity index (χ1v) is 6.73. The Hall–Kier alpha value is -1.49. The van der Waals surface area contributed by atoms with E-state index < -0.39 is 5.82 Å². The van der Waals surface area contributed by atoms with Crippen molar-refractivity contribution in [2.45, 2.75) is 26.3 Å². The number of benzene rings is 1. The van der Waals surface area contributed by atoms with E-state index in [-0.39, 0.29) is 11.1 Å². The van der Waals surface area contributed by atoms with Crippen molar-refractivity contribution < 1.29 is 4.39 Å². The van der Waals surface area contributed by atoms with Crippen molar-refractivity contribution in [3.8, 4) is 0 Å². The third kappa shape index (κ3) is 3.15. The van der Waals surface area contributed by atoms with Gasteiger partial charge in [0, 0.05) is 6.20 Å². The van der Waals surface area contributed by atoms with Crippen molar-refractivity contribution >= 4 is 11.6 Å². The number of aromatic nitrogens is 1. The summed E-state index contributed by atoms with van der Waals surface area (Å²) in [4.78, 5) is 4.40. The van der Waals surface area contributed by atoms with E-state index in [2.05, 4.69) is 10.4 Å². The number of hydrogen-bond donors (Lipinski definition) is 2. The number of hydrazine groups is 1. The van der Waals surface area contributed by atoms with Crippen LogP contribution in [0.15, 0.2) is 30.5 Å². The minimum Gasteiger partial charge on any atom is -0.271 e. The van der Waals surface area contributed by atoms with E-state index in [0.717, 1.165) is 16.8 Å². The summed E-state index contributed by atoms with van der Waals surface area (Å²) >= 11 is 5.80. The van der Waals surface area contributed by atoms with Crippen molar-refractivity contribution in [3.05, 3.63) is 63.7 Å². The standard InChI is InChI=1S/C15H17ClFN3/c1-9-6-10(2)15(19-8-9)13(20-18)7-11-4-3-5-12(16)14(11)17/h3-6,8,13,20H,7,18H2,1-2H3. The maximum Gasteiger partial charge on any atom is 0.145 e. The summed E-state index contributed by atoms with van der Waals surface area (Å²) in [7, 11) is 0. The monoisotopic (exact) mass is 293 g/mol. The first kappa shape index (κ1) is 14.9. The minimum atomic E-state index is -0.404. The number of nitrogens with one attached hydrogen (secondary N) is 1. The smallest absolute Gasteiger partial charge is 0.145 e. The molecule has 5 heteroatoms. The van der Waals surface area contributed by atoms with Gasteiger partial charge in [-0.25, -0.2) is 4.39 Å². The largest absolute Gasteiger partial charge is 0.271 e. The van der Waals surface area contributed by atoms with Gasteiger partial charge < -0.3 is 0 Å². The number of halogens is 2. The zero-order valence-corrected chi connectivity index (χ0v) is 12.2. The molecule has 0 spiro atoms. The molecule has 2 rings (SSSR count). The molecular weight excluding hydrogens is 277 g/mol. The highest BCUT2D eigenvalue weighted by Crippen LogP contribution is 2.24. The lowest BCUT2D eigenvalue weighted by Gasteiger charge is -2.18. The number of nitrogens with zero attached hydrogens (tertiary/aromatic N) is 1. The van der Waals surface area contributed by atoms with Gasteiger partial charge in [-0.2, -0.15) is 0 Å². The summed E-state index contributed by atoms with van der Waals surface area (Å²) in [6.07, 6.45) is 2.17. The van der Waals surface area contributed by atoms with Crippen LogP contribution in [-0.2, 0) is 6.42 Å². The maximum absolute atomic E-state index is 14.0. The van der Waals surface area contributed by atoms with E-state index in [0.29, 0.717) is 12.0 Å². The minimum absolute atomic E-state index is 0.117. The second-order valence-corrected chi connectivity index (χ2v) is 5.26. The Morgan fingerprint density at radius 3 is 2.80 bits per heavy atom. The van der Waals surface area contributed by atoms with Crippen molar-refractivity contribution in [3.63, 3.8) is 0 Å². The first-order valence-electron chi connectivity index (χ1n) is 6.35. The van der Waals surface area contributed by atoms with Gasteiger partial charge in [-0.15, -0.1) is 0 Å². The molecule has 0 amide bonds. The second kappa shape index (κ2) is 6.31. The summed E-state index contributed by atoms with van der Waals surface area (Å²) in [5.41, 5.74) is 6.14. The van der Waals surface area contributed by atoms with Crippen molar-refractivity contribution in [1.82, 2.24) is 10.4 Å². The highest BCUT2D eigenvalue weighted by Gasteiger charge is 2.17. The average Bonchev–Trinajstić information content (AvgIpc) is 2.41. The molecule has 1 atom stereocenters. The Morgan fingerprint density at radius 1 is 1.40 bits per heavy atom. The number of aryl methyl sites for hydroxylation is 2. The molecule has 3 N–H and O–H groups in total. The third-order valence-corrected chi connectivity index (χ3v) is 3.53. The van der Waals surface area contributed by atoms with Crippen LogP contribution in [0, 0.1) is 19.7 Å². The number of pyridine rings is 1. The molecule has 0 aliphatic rings. The van der Waals surface area contributed by atoms with E-state index in [4.69, 9.17) is 17.4 Å². The molecule has 1 unspecified atom stereocenters. The number of hydrogen-bond acceptors (Lipinski definition) is 3. The summed E-state index contributed by atoms with van der Waals surface area (Å²) < 4.78 is 14.0. The molecule has 0 bridgehead atoms. The molecule has 0 radical (unpaired) electrons. The fraction of sp³-hybridized carbons (Fsp3) is 0.267. The fourth-order valence-corrected chi connectivity index (χ4v) is 2.45. The van der Waals surface area contributed by atoms with Crippen LogP contribution in [0.3, 0.4) is 0 Å². The quantitative estimate of drug-likeness (QED) is 0.672. The van der Waals surface area contributed by atoms with E-state index in [1.54, 1.807) is 18.3 Å². The molecule has 0 saturated heterocycles.